The van der Waals surface area contributed by atoms with Crippen LogP contribution in [0.2, 0.25) is 0 Å². The first-order chi connectivity index (χ1) is 8.79. The molecule has 5 nitrogen and oxygen atoms in total. The summed E-state index contributed by atoms with van der Waals surface area (Å²) in [4.78, 5) is 11.7. The lowest BCUT2D eigenvalue weighted by Gasteiger charge is -2.13. The van der Waals surface area contributed by atoms with Crippen molar-refractivity contribution in [2.75, 3.05) is 26.8 Å². The molecule has 18 heavy (non-hydrogen) atoms. The van der Waals surface area contributed by atoms with E-state index in [1.54, 1.807) is 19.2 Å². The zero-order valence-corrected chi connectivity index (χ0v) is 10.4. The Morgan fingerprint density at radius 2 is 2.22 bits per heavy atom. The van der Waals surface area contributed by atoms with E-state index in [1.807, 2.05) is 12.1 Å². The number of ether oxygens (including phenoxy) is 2. The smallest absolute Gasteiger partial charge is 0.258 e. The molecular formula is C13H18N2O3. The molecule has 1 aliphatic rings. The molecule has 98 valence electrons. The highest BCUT2D eigenvalue weighted by Crippen LogP contribution is 2.25. The molecule has 0 saturated carbocycles. The molecule has 0 spiro atoms. The summed E-state index contributed by atoms with van der Waals surface area (Å²) in [6.45, 7) is 1.80. The fourth-order valence-electron chi connectivity index (χ4n) is 1.93. The van der Waals surface area contributed by atoms with Crippen molar-refractivity contribution < 1.29 is 14.3 Å². The summed E-state index contributed by atoms with van der Waals surface area (Å²) < 4.78 is 10.6. The van der Waals surface area contributed by atoms with Crippen LogP contribution in [-0.2, 0) is 4.79 Å². The number of carbonyl (C=O) groups is 1. The van der Waals surface area contributed by atoms with Gasteiger partial charge in [0.25, 0.3) is 5.91 Å². The van der Waals surface area contributed by atoms with Gasteiger partial charge in [-0.25, -0.2) is 0 Å². The molecule has 1 aliphatic heterocycles. The number of hydrogen-bond acceptors (Lipinski definition) is 4. The molecule has 0 bridgehead atoms. The molecule has 1 saturated heterocycles. The van der Waals surface area contributed by atoms with Crippen LogP contribution < -0.4 is 20.1 Å². The molecule has 5 heteroatoms. The van der Waals surface area contributed by atoms with Crippen molar-refractivity contribution >= 4 is 5.91 Å². The Hall–Kier alpha value is -1.75. The van der Waals surface area contributed by atoms with Gasteiger partial charge in [-0.15, -0.1) is 0 Å². The summed E-state index contributed by atoms with van der Waals surface area (Å²) in [6, 6.07) is 7.50. The Kier molecular flexibility index (Phi) is 4.41. The van der Waals surface area contributed by atoms with E-state index in [1.165, 1.54) is 0 Å². The molecule has 1 amide bonds. The van der Waals surface area contributed by atoms with Gasteiger partial charge in [-0.3, -0.25) is 4.79 Å². The summed E-state index contributed by atoms with van der Waals surface area (Å²) in [5, 5.41) is 6.11. The fraction of sp³-hybridized carbons (Fsp3) is 0.462. The predicted octanol–water partition coefficient (Wildman–Crippen LogP) is 0.552. The Morgan fingerprint density at radius 1 is 1.44 bits per heavy atom. The Labute approximate surface area is 106 Å². The van der Waals surface area contributed by atoms with Gasteiger partial charge < -0.3 is 20.1 Å². The van der Waals surface area contributed by atoms with Crippen LogP contribution in [-0.4, -0.2) is 38.8 Å². The molecule has 2 rings (SSSR count). The molecule has 0 aromatic heterocycles. The van der Waals surface area contributed by atoms with Crippen LogP contribution in [0.25, 0.3) is 0 Å². The number of carbonyl (C=O) groups excluding carboxylic acids is 1. The quantitative estimate of drug-likeness (QED) is 0.801. The molecule has 1 heterocycles. The Morgan fingerprint density at radius 3 is 2.89 bits per heavy atom. The van der Waals surface area contributed by atoms with Crippen LogP contribution in [0.4, 0.5) is 0 Å². The molecule has 1 aromatic rings. The minimum absolute atomic E-state index is 0.0108. The van der Waals surface area contributed by atoms with E-state index >= 15 is 0 Å². The second-order valence-corrected chi connectivity index (χ2v) is 4.20. The molecule has 0 radical (unpaired) electrons. The first-order valence-corrected chi connectivity index (χ1v) is 6.05. The van der Waals surface area contributed by atoms with E-state index < -0.39 is 0 Å². The first kappa shape index (κ1) is 12.7. The third kappa shape index (κ3) is 3.37. The summed E-state index contributed by atoms with van der Waals surface area (Å²) >= 11 is 0. The molecule has 2 N–H and O–H groups in total. The third-order valence-corrected chi connectivity index (χ3v) is 2.85. The number of benzene rings is 1. The average molecular weight is 250 g/mol. The van der Waals surface area contributed by atoms with Crippen molar-refractivity contribution in [2.24, 2.45) is 0 Å². The van der Waals surface area contributed by atoms with E-state index in [2.05, 4.69) is 10.6 Å². The number of hydrogen-bond donors (Lipinski definition) is 2. The van der Waals surface area contributed by atoms with E-state index in [4.69, 9.17) is 9.47 Å². The van der Waals surface area contributed by atoms with Crippen molar-refractivity contribution in [1.29, 1.82) is 0 Å². The first-order valence-electron chi connectivity index (χ1n) is 6.05. The highest BCUT2D eigenvalue weighted by Gasteiger charge is 2.16. The number of para-hydroxylation sites is 2. The maximum Gasteiger partial charge on any atom is 0.258 e. The maximum atomic E-state index is 11.7. The van der Waals surface area contributed by atoms with Gasteiger partial charge in [0, 0.05) is 12.6 Å². The Bertz CT molecular complexity index is 403. The van der Waals surface area contributed by atoms with Gasteiger partial charge >= 0.3 is 0 Å². The largest absolute Gasteiger partial charge is 0.493 e. The van der Waals surface area contributed by atoms with Crippen LogP contribution in [0.1, 0.15) is 6.42 Å². The van der Waals surface area contributed by atoms with Crippen LogP contribution in [0.15, 0.2) is 24.3 Å². The predicted molar refractivity (Wildman–Crippen MR) is 67.9 cm³/mol. The summed E-state index contributed by atoms with van der Waals surface area (Å²) in [7, 11) is 1.58. The zero-order valence-electron chi connectivity index (χ0n) is 10.4. The van der Waals surface area contributed by atoms with Crippen molar-refractivity contribution in [3.8, 4) is 11.5 Å². The Balaban J connectivity index is 1.81. The molecule has 1 unspecified atom stereocenters. The van der Waals surface area contributed by atoms with E-state index in [9.17, 15) is 4.79 Å². The molecular weight excluding hydrogens is 232 g/mol. The van der Waals surface area contributed by atoms with Gasteiger partial charge in [0.05, 0.1) is 7.11 Å². The van der Waals surface area contributed by atoms with Gasteiger partial charge in [0.15, 0.2) is 18.1 Å². The molecule has 0 aliphatic carbocycles. The van der Waals surface area contributed by atoms with Crippen molar-refractivity contribution in [3.63, 3.8) is 0 Å². The highest BCUT2D eigenvalue weighted by molar-refractivity contribution is 5.78. The molecule has 1 atom stereocenters. The number of amides is 1. The van der Waals surface area contributed by atoms with Gasteiger partial charge in [0.1, 0.15) is 0 Å². The maximum absolute atomic E-state index is 11.7. The van der Waals surface area contributed by atoms with Crippen LogP contribution >= 0.6 is 0 Å². The van der Waals surface area contributed by atoms with Gasteiger partial charge in [-0.1, -0.05) is 12.1 Å². The summed E-state index contributed by atoms with van der Waals surface area (Å²) in [6.07, 6.45) is 0.973. The topological polar surface area (TPSA) is 59.6 Å². The standard InChI is InChI=1S/C13H18N2O3/c1-17-11-4-2-3-5-12(11)18-9-13(16)15-10-6-7-14-8-10/h2-5,10,14H,6-9H2,1H3,(H,15,16). The minimum Gasteiger partial charge on any atom is -0.493 e. The van der Waals surface area contributed by atoms with Crippen molar-refractivity contribution in [3.05, 3.63) is 24.3 Å². The summed E-state index contributed by atoms with van der Waals surface area (Å²) in [5.74, 6) is 1.11. The minimum atomic E-state index is -0.102. The SMILES string of the molecule is COc1ccccc1OCC(=O)NC1CCNC1. The van der Waals surface area contributed by atoms with E-state index in [0.29, 0.717) is 11.5 Å². The van der Waals surface area contributed by atoms with Crippen LogP contribution in [0.5, 0.6) is 11.5 Å². The molecule has 1 aromatic carbocycles. The van der Waals surface area contributed by atoms with Crippen LogP contribution in [0, 0.1) is 0 Å². The number of methoxy groups -OCH3 is 1. The lowest BCUT2D eigenvalue weighted by molar-refractivity contribution is -0.123. The summed E-state index contributed by atoms with van der Waals surface area (Å²) in [5.41, 5.74) is 0. The van der Waals surface area contributed by atoms with Gasteiger partial charge in [-0.05, 0) is 25.1 Å². The van der Waals surface area contributed by atoms with Crippen LogP contribution in [0.3, 0.4) is 0 Å². The normalized spacial score (nSPS) is 18.4. The second kappa shape index (κ2) is 6.26. The highest BCUT2D eigenvalue weighted by atomic mass is 16.5. The van der Waals surface area contributed by atoms with Gasteiger partial charge in [0.2, 0.25) is 0 Å². The monoisotopic (exact) mass is 250 g/mol. The van der Waals surface area contributed by atoms with Gasteiger partial charge in [-0.2, -0.15) is 0 Å². The lowest BCUT2D eigenvalue weighted by atomic mass is 10.2. The van der Waals surface area contributed by atoms with E-state index in [-0.39, 0.29) is 18.6 Å². The van der Waals surface area contributed by atoms with Crippen molar-refractivity contribution in [1.82, 2.24) is 10.6 Å². The lowest BCUT2D eigenvalue weighted by Crippen LogP contribution is -2.39. The number of nitrogens with one attached hydrogen (secondary N) is 2. The second-order valence-electron chi connectivity index (χ2n) is 4.20. The van der Waals surface area contributed by atoms with Crippen molar-refractivity contribution in [2.45, 2.75) is 12.5 Å². The zero-order chi connectivity index (χ0) is 12.8. The number of rotatable bonds is 5. The molecule has 1 fully saturated rings. The fourth-order valence-corrected chi connectivity index (χ4v) is 1.93. The average Bonchev–Trinajstić information content (AvgIpc) is 2.89. The van der Waals surface area contributed by atoms with E-state index in [0.717, 1.165) is 19.5 Å². The third-order valence-electron chi connectivity index (χ3n) is 2.85.